The summed E-state index contributed by atoms with van der Waals surface area (Å²) in [5.41, 5.74) is 0.732. The van der Waals surface area contributed by atoms with Crippen LogP contribution in [0.25, 0.3) is 11.1 Å². The normalized spacial score (nSPS) is 13.9. The first-order valence-electron chi connectivity index (χ1n) is 12.4. The molecule has 3 heterocycles. The molecule has 11 heteroatoms. The van der Waals surface area contributed by atoms with Crippen molar-refractivity contribution in [3.63, 3.8) is 0 Å². The van der Waals surface area contributed by atoms with Crippen LogP contribution >= 0.6 is 0 Å². The molecule has 0 aliphatic carbocycles. The van der Waals surface area contributed by atoms with Crippen molar-refractivity contribution in [1.82, 2.24) is 9.97 Å². The van der Waals surface area contributed by atoms with Crippen molar-refractivity contribution in [2.75, 3.05) is 43.6 Å². The Labute approximate surface area is 229 Å². The molecule has 0 atom stereocenters. The Hall–Kier alpha value is -4.01. The Balaban J connectivity index is 1.71. The molecule has 3 aromatic rings. The molecule has 0 radical (unpaired) electrons. The van der Waals surface area contributed by atoms with E-state index in [2.05, 4.69) is 32.0 Å². The largest absolute Gasteiger partial charge is 0.433 e. The second kappa shape index (κ2) is 11.6. The Bertz CT molecular complexity index is 1470. The fourth-order valence-electron chi connectivity index (χ4n) is 4.00. The first kappa shape index (κ1) is 29.0. The van der Waals surface area contributed by atoms with Crippen molar-refractivity contribution in [3.8, 4) is 23.0 Å². The molecule has 1 aliphatic heterocycles. The second-order valence-corrected chi connectivity index (χ2v) is 9.68. The summed E-state index contributed by atoms with van der Waals surface area (Å²) in [5, 5.41) is 2.38. The van der Waals surface area contributed by atoms with Gasteiger partial charge in [0.2, 0.25) is 0 Å². The molecule has 210 valence electrons. The van der Waals surface area contributed by atoms with Crippen LogP contribution in [-0.2, 0) is 15.7 Å². The first-order chi connectivity index (χ1) is 18.9. The van der Waals surface area contributed by atoms with Crippen LogP contribution in [0, 0.1) is 24.6 Å². The number of nitrogens with one attached hydrogen (secondary N) is 1. The fourth-order valence-corrected chi connectivity index (χ4v) is 4.00. The summed E-state index contributed by atoms with van der Waals surface area (Å²) in [6, 6.07) is 6.33. The molecule has 1 amide bonds. The molecule has 1 saturated heterocycles. The summed E-state index contributed by atoms with van der Waals surface area (Å²) in [6.45, 7) is 7.74. The standard InChI is InChI=1S/C29H28F4N4O3/c1-18-13-22(30)24(36-27(38)19-6-8-34-26(15-19)29(31,32)33)16-21(18)20-14-25(37-9-11-40-12-10-37)23(35-17-20)5-7-28(2,3)39-4/h6,8,13-17H,9-12H2,1-4H3,(H,36,38). The highest BCUT2D eigenvalue weighted by atomic mass is 19.4. The molecule has 1 fully saturated rings. The third-order valence-corrected chi connectivity index (χ3v) is 6.40. The van der Waals surface area contributed by atoms with Crippen LogP contribution in [0.15, 0.2) is 42.7 Å². The molecular weight excluding hydrogens is 528 g/mol. The van der Waals surface area contributed by atoms with Gasteiger partial charge in [0.15, 0.2) is 0 Å². The molecule has 40 heavy (non-hydrogen) atoms. The van der Waals surface area contributed by atoms with Gasteiger partial charge in [-0.2, -0.15) is 13.2 Å². The molecule has 1 aliphatic rings. The van der Waals surface area contributed by atoms with E-state index < -0.39 is 29.2 Å². The van der Waals surface area contributed by atoms with Crippen molar-refractivity contribution in [3.05, 3.63) is 71.1 Å². The topological polar surface area (TPSA) is 76.6 Å². The molecular formula is C29H28F4N4O3. The summed E-state index contributed by atoms with van der Waals surface area (Å²) >= 11 is 0. The van der Waals surface area contributed by atoms with E-state index in [-0.39, 0.29) is 11.3 Å². The maximum Gasteiger partial charge on any atom is 0.433 e. The number of aromatic nitrogens is 2. The van der Waals surface area contributed by atoms with E-state index in [1.807, 2.05) is 19.9 Å². The zero-order chi connectivity index (χ0) is 29.1. The van der Waals surface area contributed by atoms with Crippen molar-refractivity contribution < 1.29 is 31.8 Å². The number of benzene rings is 1. The predicted molar refractivity (Wildman–Crippen MR) is 143 cm³/mol. The number of alkyl halides is 3. The summed E-state index contributed by atoms with van der Waals surface area (Å²) in [4.78, 5) is 22.7. The van der Waals surface area contributed by atoms with E-state index in [0.717, 1.165) is 18.0 Å². The zero-order valence-electron chi connectivity index (χ0n) is 22.4. The number of nitrogens with zero attached hydrogens (tertiary/aromatic N) is 3. The number of pyridine rings is 2. The number of anilines is 2. The average molecular weight is 557 g/mol. The number of carbonyl (C=O) groups is 1. The van der Waals surface area contributed by atoms with Crippen molar-refractivity contribution in [1.29, 1.82) is 0 Å². The van der Waals surface area contributed by atoms with Crippen LogP contribution in [0.5, 0.6) is 0 Å². The number of ether oxygens (including phenoxy) is 2. The third-order valence-electron chi connectivity index (χ3n) is 6.40. The highest BCUT2D eigenvalue weighted by Crippen LogP contribution is 2.33. The van der Waals surface area contributed by atoms with E-state index in [1.54, 1.807) is 20.2 Å². The van der Waals surface area contributed by atoms with Crippen LogP contribution in [0.1, 0.15) is 41.2 Å². The number of hydrogen-bond acceptors (Lipinski definition) is 6. The van der Waals surface area contributed by atoms with E-state index in [9.17, 15) is 22.4 Å². The number of rotatable bonds is 5. The van der Waals surface area contributed by atoms with Crippen LogP contribution in [0.3, 0.4) is 0 Å². The van der Waals surface area contributed by atoms with E-state index in [1.165, 1.54) is 12.1 Å². The molecule has 0 bridgehead atoms. The van der Waals surface area contributed by atoms with Crippen LogP contribution in [0.2, 0.25) is 0 Å². The molecule has 1 aromatic carbocycles. The van der Waals surface area contributed by atoms with Gasteiger partial charge in [0, 0.05) is 43.7 Å². The summed E-state index contributed by atoms with van der Waals surface area (Å²) in [6.07, 6.45) is -2.23. The predicted octanol–water partition coefficient (Wildman–Crippen LogP) is 5.48. The van der Waals surface area contributed by atoms with Gasteiger partial charge in [0.05, 0.1) is 24.6 Å². The number of morpholine rings is 1. The monoisotopic (exact) mass is 556 g/mol. The van der Waals surface area contributed by atoms with Gasteiger partial charge in [-0.1, -0.05) is 5.92 Å². The minimum Gasteiger partial charge on any atom is -0.378 e. The van der Waals surface area contributed by atoms with Gasteiger partial charge in [0.1, 0.15) is 22.8 Å². The van der Waals surface area contributed by atoms with Crippen LogP contribution in [0.4, 0.5) is 28.9 Å². The zero-order valence-corrected chi connectivity index (χ0v) is 22.4. The quantitative estimate of drug-likeness (QED) is 0.332. The summed E-state index contributed by atoms with van der Waals surface area (Å²) in [7, 11) is 1.58. The molecule has 0 saturated carbocycles. The Kier molecular flexibility index (Phi) is 8.42. The SMILES string of the molecule is COC(C)(C)C#Cc1ncc(-c2cc(NC(=O)c3ccnc(C(F)(F)F)c3)c(F)cc2C)cc1N1CCOCC1. The van der Waals surface area contributed by atoms with Gasteiger partial charge in [-0.25, -0.2) is 9.37 Å². The fraction of sp³-hybridized carbons (Fsp3) is 0.345. The lowest BCUT2D eigenvalue weighted by molar-refractivity contribution is -0.141. The lowest BCUT2D eigenvalue weighted by atomic mass is 9.99. The number of aryl methyl sites for hydroxylation is 1. The van der Waals surface area contributed by atoms with E-state index in [0.29, 0.717) is 54.8 Å². The second-order valence-electron chi connectivity index (χ2n) is 9.68. The highest BCUT2D eigenvalue weighted by molar-refractivity contribution is 6.04. The molecule has 4 rings (SSSR count). The third kappa shape index (κ3) is 6.76. The van der Waals surface area contributed by atoms with Gasteiger partial charge in [0.25, 0.3) is 5.91 Å². The number of amides is 1. The molecule has 0 spiro atoms. The number of methoxy groups -OCH3 is 1. The maximum absolute atomic E-state index is 14.9. The molecule has 2 aromatic heterocycles. The van der Waals surface area contributed by atoms with E-state index in [4.69, 9.17) is 9.47 Å². The number of carbonyl (C=O) groups excluding carboxylic acids is 1. The molecule has 7 nitrogen and oxygen atoms in total. The lowest BCUT2D eigenvalue weighted by Gasteiger charge is -2.30. The van der Waals surface area contributed by atoms with Crippen molar-refractivity contribution >= 4 is 17.3 Å². The average Bonchev–Trinajstić information content (AvgIpc) is 2.93. The minimum absolute atomic E-state index is 0.186. The van der Waals surface area contributed by atoms with Gasteiger partial charge < -0.3 is 19.7 Å². The van der Waals surface area contributed by atoms with Gasteiger partial charge in [-0.15, -0.1) is 0 Å². The highest BCUT2D eigenvalue weighted by Gasteiger charge is 2.33. The minimum atomic E-state index is -4.72. The number of hydrogen-bond donors (Lipinski definition) is 1. The van der Waals surface area contributed by atoms with Crippen LogP contribution in [-0.4, -0.2) is 54.9 Å². The molecule has 0 unspecified atom stereocenters. The molecule has 1 N–H and O–H groups in total. The Morgan fingerprint density at radius 3 is 2.52 bits per heavy atom. The Morgan fingerprint density at radius 2 is 1.85 bits per heavy atom. The smallest absolute Gasteiger partial charge is 0.378 e. The number of halogens is 4. The lowest BCUT2D eigenvalue weighted by Crippen LogP contribution is -2.36. The van der Waals surface area contributed by atoms with E-state index >= 15 is 0 Å². The van der Waals surface area contributed by atoms with Gasteiger partial charge >= 0.3 is 6.18 Å². The maximum atomic E-state index is 14.9. The Morgan fingerprint density at radius 1 is 1.12 bits per heavy atom. The summed E-state index contributed by atoms with van der Waals surface area (Å²) < 4.78 is 64.9. The first-order valence-corrected chi connectivity index (χ1v) is 12.4. The van der Waals surface area contributed by atoms with Gasteiger partial charge in [-0.05, 0) is 68.2 Å². The van der Waals surface area contributed by atoms with Crippen molar-refractivity contribution in [2.45, 2.75) is 32.5 Å². The van der Waals surface area contributed by atoms with Crippen molar-refractivity contribution in [2.24, 2.45) is 0 Å². The van der Waals surface area contributed by atoms with Gasteiger partial charge in [-0.3, -0.25) is 9.78 Å². The summed E-state index contributed by atoms with van der Waals surface area (Å²) in [5.74, 6) is 4.55. The van der Waals surface area contributed by atoms with Crippen LogP contribution < -0.4 is 10.2 Å².